The second-order valence-electron chi connectivity index (χ2n) is 8.34. The van der Waals surface area contributed by atoms with E-state index in [4.69, 9.17) is 0 Å². The number of amides is 1. The van der Waals surface area contributed by atoms with Crippen molar-refractivity contribution in [1.82, 2.24) is 24.2 Å². The number of carbonyl (C=O) groups excluding carboxylic acids is 1. The molecule has 4 aromatic rings. The Bertz CT molecular complexity index is 1290. The molecular weight excluding hydrogens is 402 g/mol. The average molecular weight is 430 g/mol. The Labute approximate surface area is 186 Å². The summed E-state index contributed by atoms with van der Waals surface area (Å²) in [4.78, 5) is 30.7. The number of para-hydroxylation sites is 2. The Kier molecular flexibility index (Phi) is 5.39. The monoisotopic (exact) mass is 429 g/mol. The molecule has 1 aliphatic heterocycles. The van der Waals surface area contributed by atoms with Gasteiger partial charge in [-0.3, -0.25) is 14.0 Å². The third-order valence-corrected chi connectivity index (χ3v) is 6.43. The molecule has 1 saturated heterocycles. The van der Waals surface area contributed by atoms with Gasteiger partial charge in [0.2, 0.25) is 0 Å². The van der Waals surface area contributed by atoms with E-state index < -0.39 is 0 Å². The van der Waals surface area contributed by atoms with Gasteiger partial charge in [0.05, 0.1) is 35.0 Å². The molecule has 1 fully saturated rings. The number of piperidine rings is 1. The van der Waals surface area contributed by atoms with Crippen LogP contribution in [0, 0.1) is 0 Å². The van der Waals surface area contributed by atoms with Crippen LogP contribution in [0.5, 0.6) is 0 Å². The lowest BCUT2D eigenvalue weighted by atomic mass is 10.0. The number of carbonyl (C=O) groups is 1. The third kappa shape index (κ3) is 3.64. The summed E-state index contributed by atoms with van der Waals surface area (Å²) in [6.07, 6.45) is 3.97. The summed E-state index contributed by atoms with van der Waals surface area (Å²) in [5.74, 6) is 0.0332. The Hall–Kier alpha value is -3.61. The van der Waals surface area contributed by atoms with Crippen molar-refractivity contribution in [1.29, 1.82) is 0 Å². The van der Waals surface area contributed by atoms with E-state index in [1.54, 1.807) is 6.20 Å². The molecule has 0 atom stereocenters. The first-order valence-electron chi connectivity index (χ1n) is 11.2. The van der Waals surface area contributed by atoms with Crippen LogP contribution in [-0.4, -0.2) is 43.2 Å². The molecule has 5 rings (SSSR count). The highest BCUT2D eigenvalue weighted by Crippen LogP contribution is 2.26. The van der Waals surface area contributed by atoms with Crippen molar-refractivity contribution in [3.63, 3.8) is 0 Å². The Balaban J connectivity index is 1.31. The molecule has 0 spiro atoms. The first-order chi connectivity index (χ1) is 15.7. The summed E-state index contributed by atoms with van der Waals surface area (Å²) in [7, 11) is 0. The molecule has 0 saturated carbocycles. The van der Waals surface area contributed by atoms with E-state index in [1.807, 2.05) is 56.6 Å². The van der Waals surface area contributed by atoms with E-state index in [0.717, 1.165) is 41.6 Å². The molecule has 0 aliphatic carbocycles. The number of rotatable bonds is 5. The molecular formula is C25H27N5O2. The molecule has 0 bridgehead atoms. The van der Waals surface area contributed by atoms with Gasteiger partial charge in [-0.05, 0) is 37.0 Å². The fourth-order valence-corrected chi connectivity index (χ4v) is 4.79. The molecule has 7 nitrogen and oxygen atoms in total. The minimum atomic E-state index is -0.0774. The minimum Gasteiger partial charge on any atom is -0.338 e. The molecule has 0 radical (unpaired) electrons. The SMILES string of the molecule is CCc1c(C(=O)N2CCC(n3c(=O)[nH]c4ccccc43)CC2)cnn1Cc1ccccc1. The van der Waals surface area contributed by atoms with Crippen molar-refractivity contribution in [3.05, 3.63) is 88.1 Å². The van der Waals surface area contributed by atoms with Crippen molar-refractivity contribution < 1.29 is 4.79 Å². The van der Waals surface area contributed by atoms with Gasteiger partial charge < -0.3 is 9.88 Å². The summed E-state index contributed by atoms with van der Waals surface area (Å²) in [6.45, 7) is 3.97. The van der Waals surface area contributed by atoms with Gasteiger partial charge in [0, 0.05) is 19.1 Å². The lowest BCUT2D eigenvalue weighted by molar-refractivity contribution is 0.0693. The van der Waals surface area contributed by atoms with E-state index in [1.165, 1.54) is 0 Å². The maximum absolute atomic E-state index is 13.3. The Morgan fingerprint density at radius 2 is 1.78 bits per heavy atom. The Morgan fingerprint density at radius 1 is 1.06 bits per heavy atom. The maximum Gasteiger partial charge on any atom is 0.326 e. The van der Waals surface area contributed by atoms with Gasteiger partial charge in [-0.2, -0.15) is 5.10 Å². The van der Waals surface area contributed by atoms with Gasteiger partial charge in [0.25, 0.3) is 5.91 Å². The minimum absolute atomic E-state index is 0.0332. The van der Waals surface area contributed by atoms with E-state index in [9.17, 15) is 9.59 Å². The number of benzene rings is 2. The van der Waals surface area contributed by atoms with Crippen LogP contribution in [0.1, 0.15) is 47.4 Å². The maximum atomic E-state index is 13.3. The molecule has 1 aliphatic rings. The average Bonchev–Trinajstić information content (AvgIpc) is 3.39. The molecule has 1 N–H and O–H groups in total. The lowest BCUT2D eigenvalue weighted by Gasteiger charge is -2.32. The largest absolute Gasteiger partial charge is 0.338 e. The van der Waals surface area contributed by atoms with Crippen LogP contribution >= 0.6 is 0 Å². The normalized spacial score (nSPS) is 14.8. The van der Waals surface area contributed by atoms with Crippen LogP contribution in [0.4, 0.5) is 0 Å². The first-order valence-corrected chi connectivity index (χ1v) is 11.2. The van der Waals surface area contributed by atoms with Gasteiger partial charge >= 0.3 is 5.69 Å². The molecule has 32 heavy (non-hydrogen) atoms. The highest BCUT2D eigenvalue weighted by Gasteiger charge is 2.28. The van der Waals surface area contributed by atoms with Crippen molar-refractivity contribution >= 4 is 16.9 Å². The number of hydrogen-bond donors (Lipinski definition) is 1. The van der Waals surface area contributed by atoms with Crippen LogP contribution in [-0.2, 0) is 13.0 Å². The van der Waals surface area contributed by atoms with Crippen LogP contribution in [0.15, 0.2) is 65.6 Å². The van der Waals surface area contributed by atoms with E-state index in [-0.39, 0.29) is 17.6 Å². The summed E-state index contributed by atoms with van der Waals surface area (Å²) >= 11 is 0. The van der Waals surface area contributed by atoms with E-state index >= 15 is 0 Å². The number of likely N-dealkylation sites (tertiary alicyclic amines) is 1. The Morgan fingerprint density at radius 3 is 2.53 bits per heavy atom. The van der Waals surface area contributed by atoms with Crippen LogP contribution in [0.25, 0.3) is 11.0 Å². The zero-order valence-electron chi connectivity index (χ0n) is 18.2. The molecule has 3 heterocycles. The van der Waals surface area contributed by atoms with Crippen molar-refractivity contribution in [2.45, 2.75) is 38.8 Å². The summed E-state index contributed by atoms with van der Waals surface area (Å²) in [5.41, 5.74) is 4.52. The number of aromatic amines is 1. The van der Waals surface area contributed by atoms with Gasteiger partial charge in [0.1, 0.15) is 0 Å². The van der Waals surface area contributed by atoms with Gasteiger partial charge in [-0.15, -0.1) is 0 Å². The topological polar surface area (TPSA) is 75.9 Å². The van der Waals surface area contributed by atoms with Gasteiger partial charge in [-0.1, -0.05) is 49.4 Å². The number of nitrogens with one attached hydrogen (secondary N) is 1. The number of aromatic nitrogens is 4. The second kappa shape index (κ2) is 8.49. The fourth-order valence-electron chi connectivity index (χ4n) is 4.79. The predicted molar refractivity (Wildman–Crippen MR) is 124 cm³/mol. The quantitative estimate of drug-likeness (QED) is 0.527. The van der Waals surface area contributed by atoms with Gasteiger partial charge in [-0.25, -0.2) is 4.79 Å². The number of imidazole rings is 1. The first kappa shape index (κ1) is 20.3. The number of H-pyrrole nitrogens is 1. The summed E-state index contributed by atoms with van der Waals surface area (Å²) in [6, 6.07) is 18.0. The summed E-state index contributed by atoms with van der Waals surface area (Å²) < 4.78 is 3.79. The standard InChI is InChI=1S/C25H27N5O2/c1-2-22-20(16-26-29(22)17-18-8-4-3-5-9-18)24(31)28-14-12-19(13-15-28)30-23-11-7-6-10-21(23)27-25(30)32/h3-11,16,19H,2,12-15,17H2,1H3,(H,27,32). The van der Waals surface area contributed by atoms with Gasteiger partial charge in [0.15, 0.2) is 0 Å². The van der Waals surface area contributed by atoms with Crippen LogP contribution < -0.4 is 5.69 Å². The summed E-state index contributed by atoms with van der Waals surface area (Å²) in [5, 5.41) is 4.52. The van der Waals surface area contributed by atoms with Crippen LogP contribution in [0.3, 0.4) is 0 Å². The highest BCUT2D eigenvalue weighted by molar-refractivity contribution is 5.95. The van der Waals surface area contributed by atoms with Crippen LogP contribution in [0.2, 0.25) is 0 Å². The zero-order valence-corrected chi connectivity index (χ0v) is 18.2. The number of hydrogen-bond acceptors (Lipinski definition) is 3. The second-order valence-corrected chi connectivity index (χ2v) is 8.34. The molecule has 0 unspecified atom stereocenters. The third-order valence-electron chi connectivity index (χ3n) is 6.43. The van der Waals surface area contributed by atoms with E-state index in [0.29, 0.717) is 25.2 Å². The van der Waals surface area contributed by atoms with Crippen molar-refractivity contribution in [2.75, 3.05) is 13.1 Å². The number of nitrogens with zero attached hydrogens (tertiary/aromatic N) is 4. The zero-order chi connectivity index (χ0) is 22.1. The molecule has 1 amide bonds. The molecule has 164 valence electrons. The van der Waals surface area contributed by atoms with Crippen molar-refractivity contribution in [2.24, 2.45) is 0 Å². The van der Waals surface area contributed by atoms with Crippen molar-refractivity contribution in [3.8, 4) is 0 Å². The highest BCUT2D eigenvalue weighted by atomic mass is 16.2. The molecule has 2 aromatic carbocycles. The smallest absolute Gasteiger partial charge is 0.326 e. The fraction of sp³-hybridized carbons (Fsp3) is 0.320. The van der Waals surface area contributed by atoms with E-state index in [2.05, 4.69) is 29.1 Å². The molecule has 7 heteroatoms. The lowest BCUT2D eigenvalue weighted by Crippen LogP contribution is -2.40. The number of fused-ring (bicyclic) bond motifs is 1. The molecule has 2 aromatic heterocycles. The predicted octanol–water partition coefficient (Wildman–Crippen LogP) is 3.61.